The Morgan fingerprint density at radius 1 is 1.19 bits per heavy atom. The second-order valence-electron chi connectivity index (χ2n) is 9.73. The molecule has 0 fully saturated rings. The van der Waals surface area contributed by atoms with E-state index in [2.05, 4.69) is 60.3 Å². The summed E-state index contributed by atoms with van der Waals surface area (Å²) in [4.78, 5) is 23.2. The molecular formula is C30H37N3O3. The monoisotopic (exact) mass is 487 g/mol. The molecule has 0 aliphatic heterocycles. The molecule has 4 rings (SSSR count). The number of aromatic nitrogens is 2. The molecule has 1 unspecified atom stereocenters. The maximum Gasteiger partial charge on any atom is 0.307 e. The summed E-state index contributed by atoms with van der Waals surface area (Å²) < 4.78 is 6.06. The third kappa shape index (κ3) is 5.69. The van der Waals surface area contributed by atoms with Gasteiger partial charge in [-0.1, -0.05) is 44.2 Å². The van der Waals surface area contributed by atoms with Crippen molar-refractivity contribution in [3.8, 4) is 17.1 Å². The molecule has 0 amide bonds. The maximum atomic E-state index is 11.6. The Balaban J connectivity index is 1.33. The average Bonchev–Trinajstić information content (AvgIpc) is 3.30. The second kappa shape index (κ2) is 11.5. The minimum absolute atomic E-state index is 0.107. The molecule has 0 bridgehead atoms. The molecule has 36 heavy (non-hydrogen) atoms. The number of anilines is 1. The minimum atomic E-state index is -0.694. The first-order valence-corrected chi connectivity index (χ1v) is 13.0. The van der Waals surface area contributed by atoms with Gasteiger partial charge in [-0.25, -0.2) is 9.97 Å². The third-order valence-corrected chi connectivity index (χ3v) is 7.31. The standard InChI is InChI=1S/C30H37N3O3/c1-5-21-8-10-22(11-9-21)28-31-19-20(3)29(32-28)33(4)16-7-17-36-24-13-15-26-23(18-24)12-14-27(26)25(6-2)30(34)35/h8-11,13,15,18-19,25,27H,5-7,12,14,16-17H2,1-4H3,(H,34,35)/t25?,27-/m0/s1. The lowest BCUT2D eigenvalue weighted by Gasteiger charge is -2.21. The second-order valence-corrected chi connectivity index (χ2v) is 9.73. The van der Waals surface area contributed by atoms with E-state index in [9.17, 15) is 9.90 Å². The molecule has 0 spiro atoms. The molecular weight excluding hydrogens is 450 g/mol. The highest BCUT2D eigenvalue weighted by Gasteiger charge is 2.33. The van der Waals surface area contributed by atoms with E-state index < -0.39 is 5.97 Å². The minimum Gasteiger partial charge on any atom is -0.494 e. The largest absolute Gasteiger partial charge is 0.494 e. The van der Waals surface area contributed by atoms with Crippen molar-refractivity contribution >= 4 is 11.8 Å². The Hall–Kier alpha value is -3.41. The Morgan fingerprint density at radius 3 is 2.67 bits per heavy atom. The van der Waals surface area contributed by atoms with Crippen molar-refractivity contribution in [3.63, 3.8) is 0 Å². The molecule has 1 heterocycles. The predicted octanol–water partition coefficient (Wildman–Crippen LogP) is 6.06. The van der Waals surface area contributed by atoms with E-state index in [4.69, 9.17) is 9.72 Å². The topological polar surface area (TPSA) is 75.6 Å². The highest BCUT2D eigenvalue weighted by atomic mass is 16.5. The zero-order valence-electron chi connectivity index (χ0n) is 21.8. The lowest BCUT2D eigenvalue weighted by atomic mass is 9.85. The van der Waals surface area contributed by atoms with Crippen LogP contribution in [-0.4, -0.2) is 41.2 Å². The van der Waals surface area contributed by atoms with Crippen molar-refractivity contribution in [3.05, 3.63) is 70.9 Å². The molecule has 1 aromatic heterocycles. The maximum absolute atomic E-state index is 11.6. The van der Waals surface area contributed by atoms with Gasteiger partial charge in [-0.15, -0.1) is 0 Å². The normalized spacial score (nSPS) is 15.4. The fourth-order valence-corrected chi connectivity index (χ4v) is 5.21. The number of carbonyl (C=O) groups is 1. The van der Waals surface area contributed by atoms with E-state index in [1.807, 2.05) is 26.1 Å². The van der Waals surface area contributed by atoms with Gasteiger partial charge in [0.1, 0.15) is 11.6 Å². The average molecular weight is 488 g/mol. The van der Waals surface area contributed by atoms with Crippen LogP contribution in [0.4, 0.5) is 5.82 Å². The van der Waals surface area contributed by atoms with Gasteiger partial charge in [-0.3, -0.25) is 4.79 Å². The number of nitrogens with zero attached hydrogens (tertiary/aromatic N) is 3. The molecule has 1 aliphatic carbocycles. The van der Waals surface area contributed by atoms with Gasteiger partial charge in [-0.05, 0) is 73.8 Å². The number of aryl methyl sites for hydroxylation is 3. The molecule has 190 valence electrons. The van der Waals surface area contributed by atoms with Gasteiger partial charge >= 0.3 is 5.97 Å². The predicted molar refractivity (Wildman–Crippen MR) is 144 cm³/mol. The number of aliphatic carboxylic acids is 1. The highest BCUT2D eigenvalue weighted by molar-refractivity contribution is 5.72. The zero-order valence-corrected chi connectivity index (χ0v) is 21.8. The van der Waals surface area contributed by atoms with Gasteiger partial charge in [0.05, 0.1) is 12.5 Å². The Morgan fingerprint density at radius 2 is 1.97 bits per heavy atom. The number of hydrogen-bond donors (Lipinski definition) is 1. The number of carboxylic acids is 1. The summed E-state index contributed by atoms with van der Waals surface area (Å²) in [5.41, 5.74) is 5.78. The van der Waals surface area contributed by atoms with Crippen LogP contribution in [0.3, 0.4) is 0 Å². The number of rotatable bonds is 11. The molecule has 3 aromatic rings. The summed E-state index contributed by atoms with van der Waals surface area (Å²) in [6, 6.07) is 14.6. The highest BCUT2D eigenvalue weighted by Crippen LogP contribution is 2.41. The van der Waals surface area contributed by atoms with Gasteiger partial charge in [0.2, 0.25) is 0 Å². The van der Waals surface area contributed by atoms with Crippen LogP contribution in [-0.2, 0) is 17.6 Å². The molecule has 6 nitrogen and oxygen atoms in total. The molecule has 6 heteroatoms. The van der Waals surface area contributed by atoms with E-state index in [0.29, 0.717) is 13.0 Å². The fourth-order valence-electron chi connectivity index (χ4n) is 5.21. The summed E-state index contributed by atoms with van der Waals surface area (Å²) in [5, 5.41) is 9.56. The van der Waals surface area contributed by atoms with Gasteiger partial charge in [-0.2, -0.15) is 0 Å². The van der Waals surface area contributed by atoms with Gasteiger partial charge in [0.15, 0.2) is 5.82 Å². The first-order valence-electron chi connectivity index (χ1n) is 13.0. The molecule has 0 saturated carbocycles. The molecule has 0 saturated heterocycles. The van der Waals surface area contributed by atoms with Crippen LogP contribution in [0.1, 0.15) is 61.3 Å². The van der Waals surface area contributed by atoms with Gasteiger partial charge < -0.3 is 14.7 Å². The first-order chi connectivity index (χ1) is 17.4. The van der Waals surface area contributed by atoms with Crippen LogP contribution in [0.15, 0.2) is 48.7 Å². The van der Waals surface area contributed by atoms with E-state index in [-0.39, 0.29) is 11.8 Å². The quantitative estimate of drug-likeness (QED) is 0.331. The van der Waals surface area contributed by atoms with E-state index in [1.54, 1.807) is 0 Å². The van der Waals surface area contributed by atoms with E-state index in [1.165, 1.54) is 16.7 Å². The lowest BCUT2D eigenvalue weighted by molar-refractivity contribution is -0.142. The molecule has 1 N–H and O–H groups in total. The van der Waals surface area contributed by atoms with Crippen molar-refractivity contribution in [1.82, 2.24) is 9.97 Å². The van der Waals surface area contributed by atoms with Crippen LogP contribution in [0.2, 0.25) is 0 Å². The number of ether oxygens (including phenoxy) is 1. The molecule has 0 radical (unpaired) electrons. The van der Waals surface area contributed by atoms with Gasteiger partial charge in [0, 0.05) is 30.9 Å². The molecule has 2 aromatic carbocycles. The zero-order chi connectivity index (χ0) is 25.7. The van der Waals surface area contributed by atoms with Crippen LogP contribution in [0, 0.1) is 12.8 Å². The van der Waals surface area contributed by atoms with Crippen molar-refractivity contribution in [2.75, 3.05) is 25.1 Å². The van der Waals surface area contributed by atoms with Crippen molar-refractivity contribution < 1.29 is 14.6 Å². The molecule has 2 atom stereocenters. The lowest BCUT2D eigenvalue weighted by Crippen LogP contribution is -2.22. The Kier molecular flexibility index (Phi) is 8.24. The van der Waals surface area contributed by atoms with Crippen LogP contribution in [0.25, 0.3) is 11.4 Å². The van der Waals surface area contributed by atoms with Crippen LogP contribution < -0.4 is 9.64 Å². The third-order valence-electron chi connectivity index (χ3n) is 7.31. The Bertz CT molecular complexity index is 1190. The fraction of sp³-hybridized carbons (Fsp3) is 0.433. The van der Waals surface area contributed by atoms with E-state index >= 15 is 0 Å². The number of hydrogen-bond acceptors (Lipinski definition) is 5. The van der Waals surface area contributed by atoms with Crippen molar-refractivity contribution in [1.29, 1.82) is 0 Å². The summed E-state index contributed by atoms with van der Waals surface area (Å²) in [6.07, 6.45) is 6.24. The van der Waals surface area contributed by atoms with E-state index in [0.717, 1.165) is 60.7 Å². The van der Waals surface area contributed by atoms with Crippen LogP contribution >= 0.6 is 0 Å². The van der Waals surface area contributed by atoms with Crippen molar-refractivity contribution in [2.45, 2.75) is 58.8 Å². The summed E-state index contributed by atoms with van der Waals surface area (Å²) in [5.74, 6) is 1.64. The van der Waals surface area contributed by atoms with Crippen LogP contribution in [0.5, 0.6) is 5.75 Å². The number of benzene rings is 2. The molecule has 1 aliphatic rings. The number of fused-ring (bicyclic) bond motifs is 1. The SMILES string of the molecule is CCc1ccc(-c2ncc(C)c(N(C)CCCOc3ccc4c(c3)CC[C@H]4C(CC)C(=O)O)n2)cc1. The van der Waals surface area contributed by atoms with Crippen molar-refractivity contribution in [2.24, 2.45) is 5.92 Å². The summed E-state index contributed by atoms with van der Waals surface area (Å²) >= 11 is 0. The first kappa shape index (κ1) is 25.7. The number of carboxylic acid groups (broad SMARTS) is 1. The summed E-state index contributed by atoms with van der Waals surface area (Å²) in [7, 11) is 2.06. The van der Waals surface area contributed by atoms with Gasteiger partial charge in [0.25, 0.3) is 0 Å². The Labute approximate surface area is 214 Å². The smallest absolute Gasteiger partial charge is 0.307 e. The summed E-state index contributed by atoms with van der Waals surface area (Å²) in [6.45, 7) is 7.57.